The smallest absolute Gasteiger partial charge is 0.248 e. The van der Waals surface area contributed by atoms with Gasteiger partial charge in [-0.2, -0.15) is 10.5 Å². The highest BCUT2D eigenvalue weighted by atomic mass is 16.5. The average Bonchev–Trinajstić information content (AvgIpc) is 2.55. The van der Waals surface area contributed by atoms with E-state index in [-0.39, 0.29) is 19.0 Å². The normalized spacial score (nSPS) is 9.91. The van der Waals surface area contributed by atoms with E-state index in [0.29, 0.717) is 24.7 Å². The first-order valence-corrected chi connectivity index (χ1v) is 7.26. The molecule has 1 aromatic carbocycles. The fourth-order valence-electron chi connectivity index (χ4n) is 1.83. The van der Waals surface area contributed by atoms with Crippen LogP contribution in [-0.2, 0) is 4.79 Å². The summed E-state index contributed by atoms with van der Waals surface area (Å²) in [6, 6.07) is 9.08. The molecule has 0 aromatic heterocycles. The van der Waals surface area contributed by atoms with Crippen molar-refractivity contribution in [2.24, 2.45) is 0 Å². The van der Waals surface area contributed by atoms with Crippen LogP contribution in [0.2, 0.25) is 0 Å². The molecule has 6 nitrogen and oxygen atoms in total. The second kappa shape index (κ2) is 9.86. The minimum atomic E-state index is -0.389. The molecule has 0 saturated carbocycles. The summed E-state index contributed by atoms with van der Waals surface area (Å²) in [7, 11) is 0. The zero-order valence-electron chi connectivity index (χ0n) is 13.3. The zero-order valence-corrected chi connectivity index (χ0v) is 13.3. The summed E-state index contributed by atoms with van der Waals surface area (Å²) in [6.45, 7) is 4.56. The molecule has 23 heavy (non-hydrogen) atoms. The Kier molecular flexibility index (Phi) is 7.74. The van der Waals surface area contributed by atoms with Crippen molar-refractivity contribution < 1.29 is 14.3 Å². The van der Waals surface area contributed by atoms with Crippen LogP contribution in [-0.4, -0.2) is 37.1 Å². The first-order chi connectivity index (χ1) is 11.2. The molecular formula is C17H19N3O3. The van der Waals surface area contributed by atoms with Gasteiger partial charge in [-0.1, -0.05) is 6.07 Å². The molecule has 0 fully saturated rings. The van der Waals surface area contributed by atoms with E-state index in [1.165, 1.54) is 6.08 Å². The van der Waals surface area contributed by atoms with E-state index in [2.05, 4.69) is 0 Å². The number of nitriles is 2. The predicted octanol–water partition coefficient (Wildman–Crippen LogP) is 2.37. The molecule has 1 amide bonds. The van der Waals surface area contributed by atoms with E-state index >= 15 is 0 Å². The van der Waals surface area contributed by atoms with Gasteiger partial charge in [0, 0.05) is 6.08 Å². The SMILES string of the molecule is CCOc1ccc(/C=C/C(=O)N(CC#N)CC#N)cc1OCC. The second-order valence-electron chi connectivity index (χ2n) is 4.42. The molecule has 0 unspecified atom stereocenters. The van der Waals surface area contributed by atoms with Crippen LogP contribution in [0, 0.1) is 22.7 Å². The van der Waals surface area contributed by atoms with Crippen molar-refractivity contribution in [3.8, 4) is 23.6 Å². The standard InChI is InChI=1S/C17H19N3O3/c1-3-22-15-7-5-14(13-16(15)23-4-2)6-8-17(21)20(11-9-18)12-10-19/h5-8,13H,3-4,11-12H2,1-2H3/b8-6+. The van der Waals surface area contributed by atoms with Gasteiger partial charge in [-0.05, 0) is 37.6 Å². The van der Waals surface area contributed by atoms with Crippen LogP contribution in [0.5, 0.6) is 11.5 Å². The Balaban J connectivity index is 2.91. The number of nitrogens with zero attached hydrogens (tertiary/aromatic N) is 3. The second-order valence-corrected chi connectivity index (χ2v) is 4.42. The predicted molar refractivity (Wildman–Crippen MR) is 85.6 cm³/mol. The highest BCUT2D eigenvalue weighted by Gasteiger charge is 2.09. The van der Waals surface area contributed by atoms with Gasteiger partial charge in [0.15, 0.2) is 11.5 Å². The first-order valence-electron chi connectivity index (χ1n) is 7.26. The summed E-state index contributed by atoms with van der Waals surface area (Å²) in [5.74, 6) is 0.864. The largest absolute Gasteiger partial charge is 0.490 e. The summed E-state index contributed by atoms with van der Waals surface area (Å²) >= 11 is 0. The average molecular weight is 313 g/mol. The van der Waals surface area contributed by atoms with Crippen molar-refractivity contribution in [1.82, 2.24) is 4.90 Å². The van der Waals surface area contributed by atoms with E-state index in [1.807, 2.05) is 26.0 Å². The first kappa shape index (κ1) is 18.1. The molecule has 120 valence electrons. The summed E-state index contributed by atoms with van der Waals surface area (Å²) in [4.78, 5) is 13.1. The number of benzene rings is 1. The zero-order chi connectivity index (χ0) is 17.1. The van der Waals surface area contributed by atoms with Crippen molar-refractivity contribution in [3.63, 3.8) is 0 Å². The maximum absolute atomic E-state index is 12.0. The van der Waals surface area contributed by atoms with E-state index in [0.717, 1.165) is 10.5 Å². The Morgan fingerprint density at radius 1 is 1.13 bits per heavy atom. The molecule has 0 aliphatic rings. The van der Waals surface area contributed by atoms with Crippen molar-refractivity contribution >= 4 is 12.0 Å². The highest BCUT2D eigenvalue weighted by Crippen LogP contribution is 2.29. The third-order valence-electron chi connectivity index (χ3n) is 2.82. The summed E-state index contributed by atoms with van der Waals surface area (Å²) in [5, 5.41) is 17.3. The summed E-state index contributed by atoms with van der Waals surface area (Å²) < 4.78 is 11.0. The van der Waals surface area contributed by atoms with Gasteiger partial charge >= 0.3 is 0 Å². The Hall–Kier alpha value is -2.99. The van der Waals surface area contributed by atoms with Gasteiger partial charge in [0.25, 0.3) is 0 Å². The lowest BCUT2D eigenvalue weighted by atomic mass is 10.2. The Bertz CT molecular complexity index is 625. The van der Waals surface area contributed by atoms with Crippen molar-refractivity contribution in [2.75, 3.05) is 26.3 Å². The van der Waals surface area contributed by atoms with Crippen LogP contribution in [0.15, 0.2) is 24.3 Å². The van der Waals surface area contributed by atoms with Crippen LogP contribution in [0.4, 0.5) is 0 Å². The fourth-order valence-corrected chi connectivity index (χ4v) is 1.83. The molecule has 0 bridgehead atoms. The lowest BCUT2D eigenvalue weighted by Crippen LogP contribution is -2.30. The molecule has 0 aliphatic carbocycles. The Morgan fingerprint density at radius 2 is 1.74 bits per heavy atom. The topological polar surface area (TPSA) is 86.4 Å². The van der Waals surface area contributed by atoms with Gasteiger partial charge in [-0.25, -0.2) is 0 Å². The fraction of sp³-hybridized carbons (Fsp3) is 0.353. The third-order valence-corrected chi connectivity index (χ3v) is 2.82. The van der Waals surface area contributed by atoms with Crippen molar-refractivity contribution in [2.45, 2.75) is 13.8 Å². The molecule has 1 aromatic rings. The van der Waals surface area contributed by atoms with Gasteiger partial charge in [0.05, 0.1) is 25.4 Å². The molecule has 0 saturated heterocycles. The molecule has 0 atom stereocenters. The monoisotopic (exact) mass is 313 g/mol. The number of rotatable bonds is 8. The van der Waals surface area contributed by atoms with Gasteiger partial charge in [-0.3, -0.25) is 4.79 Å². The Labute approximate surface area is 136 Å². The third kappa shape index (κ3) is 5.72. The van der Waals surface area contributed by atoms with E-state index < -0.39 is 0 Å². The van der Waals surface area contributed by atoms with E-state index in [4.69, 9.17) is 20.0 Å². The Morgan fingerprint density at radius 3 is 2.30 bits per heavy atom. The molecule has 0 radical (unpaired) electrons. The van der Waals surface area contributed by atoms with Gasteiger partial charge in [0.2, 0.25) is 5.91 Å². The van der Waals surface area contributed by atoms with Crippen LogP contribution < -0.4 is 9.47 Å². The summed E-state index contributed by atoms with van der Waals surface area (Å²) in [6.07, 6.45) is 2.95. The van der Waals surface area contributed by atoms with Crippen LogP contribution in [0.3, 0.4) is 0 Å². The number of hydrogen-bond donors (Lipinski definition) is 0. The number of carbonyl (C=O) groups excluding carboxylic acids is 1. The highest BCUT2D eigenvalue weighted by molar-refractivity contribution is 5.92. The lowest BCUT2D eigenvalue weighted by Gasteiger charge is -2.13. The van der Waals surface area contributed by atoms with E-state index in [9.17, 15) is 4.79 Å². The molecule has 0 aliphatic heterocycles. The maximum atomic E-state index is 12.0. The molecule has 0 heterocycles. The minimum absolute atomic E-state index is 0.121. The molecule has 1 rings (SSSR count). The molecule has 6 heteroatoms. The van der Waals surface area contributed by atoms with E-state index in [1.54, 1.807) is 24.3 Å². The molecule has 0 N–H and O–H groups in total. The van der Waals surface area contributed by atoms with Gasteiger partial charge in [0.1, 0.15) is 13.1 Å². The van der Waals surface area contributed by atoms with Crippen molar-refractivity contribution in [1.29, 1.82) is 10.5 Å². The van der Waals surface area contributed by atoms with Gasteiger partial charge < -0.3 is 14.4 Å². The number of carbonyl (C=O) groups is 1. The molecule has 0 spiro atoms. The van der Waals surface area contributed by atoms with Crippen LogP contribution >= 0.6 is 0 Å². The lowest BCUT2D eigenvalue weighted by molar-refractivity contribution is -0.124. The van der Waals surface area contributed by atoms with Gasteiger partial charge in [-0.15, -0.1) is 0 Å². The number of ether oxygens (including phenoxy) is 2. The minimum Gasteiger partial charge on any atom is -0.490 e. The van der Waals surface area contributed by atoms with Crippen LogP contribution in [0.1, 0.15) is 19.4 Å². The number of amides is 1. The quantitative estimate of drug-likeness (QED) is 0.543. The maximum Gasteiger partial charge on any atom is 0.248 e. The summed E-state index contributed by atoms with van der Waals surface area (Å²) in [5.41, 5.74) is 0.763. The van der Waals surface area contributed by atoms with Crippen molar-refractivity contribution in [3.05, 3.63) is 29.8 Å². The molecular weight excluding hydrogens is 294 g/mol. The number of hydrogen-bond acceptors (Lipinski definition) is 5. The van der Waals surface area contributed by atoms with Crippen LogP contribution in [0.25, 0.3) is 6.08 Å².